The van der Waals surface area contributed by atoms with Gasteiger partial charge in [-0.15, -0.1) is 0 Å². The minimum atomic E-state index is -4.30. The lowest BCUT2D eigenvalue weighted by molar-refractivity contribution is 0.0583. The van der Waals surface area contributed by atoms with Crippen LogP contribution in [-0.2, 0) is 32.6 Å². The van der Waals surface area contributed by atoms with Crippen molar-refractivity contribution in [1.29, 1.82) is 0 Å². The van der Waals surface area contributed by atoms with Crippen molar-refractivity contribution in [3.05, 3.63) is 77.6 Å². The van der Waals surface area contributed by atoms with Crippen molar-refractivity contribution in [2.24, 2.45) is 0 Å². The van der Waals surface area contributed by atoms with Crippen LogP contribution in [0.15, 0.2) is 68.7 Å². The summed E-state index contributed by atoms with van der Waals surface area (Å²) in [5, 5.41) is 0. The number of furan rings is 2. The molecule has 0 saturated heterocycles. The molecular formula is C20H19NO8S. The number of sulfonamides is 1. The molecule has 3 aromatic rings. The van der Waals surface area contributed by atoms with Crippen LogP contribution in [-0.4, -0.2) is 38.9 Å². The lowest BCUT2D eigenvalue weighted by Gasteiger charge is -2.22. The lowest BCUT2D eigenvalue weighted by Crippen LogP contribution is -2.31. The van der Waals surface area contributed by atoms with Crippen molar-refractivity contribution in [2.45, 2.75) is 18.0 Å². The highest BCUT2D eigenvalue weighted by atomic mass is 32.2. The molecule has 0 N–H and O–H groups in total. The molecule has 158 valence electrons. The molecule has 2 heterocycles. The van der Waals surface area contributed by atoms with Crippen LogP contribution in [0.4, 0.5) is 0 Å². The van der Waals surface area contributed by atoms with Gasteiger partial charge in [-0.3, -0.25) is 0 Å². The minimum Gasteiger partial charge on any atom is -0.468 e. The van der Waals surface area contributed by atoms with Gasteiger partial charge < -0.3 is 18.3 Å². The highest BCUT2D eigenvalue weighted by molar-refractivity contribution is 7.89. The van der Waals surface area contributed by atoms with Crippen molar-refractivity contribution in [3.8, 4) is 0 Å². The Morgan fingerprint density at radius 3 is 1.93 bits per heavy atom. The van der Waals surface area contributed by atoms with Gasteiger partial charge in [-0.25, -0.2) is 18.0 Å². The third-order valence-electron chi connectivity index (χ3n) is 4.25. The van der Waals surface area contributed by atoms with Gasteiger partial charge in [-0.05, 0) is 42.5 Å². The van der Waals surface area contributed by atoms with E-state index in [0.717, 1.165) is 17.5 Å². The maximum absolute atomic E-state index is 13.6. The largest absolute Gasteiger partial charge is 0.468 e. The summed E-state index contributed by atoms with van der Waals surface area (Å²) in [7, 11) is -1.99. The van der Waals surface area contributed by atoms with Crippen LogP contribution in [0.2, 0.25) is 0 Å². The van der Waals surface area contributed by atoms with E-state index >= 15 is 0 Å². The van der Waals surface area contributed by atoms with Gasteiger partial charge in [0.15, 0.2) is 0 Å². The standard InChI is InChI=1S/C20H19NO8S/c1-26-19(22)14-7-8-17(20(23)27-2)18(11-14)30(24,25)21(12-15-5-3-9-28-15)13-16-6-4-10-29-16/h3-11H,12-13H2,1-2H3. The molecule has 0 radical (unpaired) electrons. The Kier molecular flexibility index (Phi) is 6.38. The number of hydrogen-bond donors (Lipinski definition) is 0. The Morgan fingerprint density at radius 1 is 0.900 bits per heavy atom. The van der Waals surface area contributed by atoms with Gasteiger partial charge in [0.05, 0.1) is 55.9 Å². The first-order valence-electron chi connectivity index (χ1n) is 8.72. The number of hydrogen-bond acceptors (Lipinski definition) is 8. The average molecular weight is 433 g/mol. The predicted octanol–water partition coefficient (Wildman–Crippen LogP) is 2.84. The van der Waals surface area contributed by atoms with E-state index in [2.05, 4.69) is 4.74 Å². The Bertz CT molecular complexity index is 1080. The first-order valence-corrected chi connectivity index (χ1v) is 10.2. The minimum absolute atomic E-state index is 0.0281. The Balaban J connectivity index is 2.12. The molecular weight excluding hydrogens is 414 g/mol. The van der Waals surface area contributed by atoms with Crippen LogP contribution in [0.1, 0.15) is 32.2 Å². The molecule has 1 aromatic carbocycles. The van der Waals surface area contributed by atoms with Gasteiger partial charge >= 0.3 is 11.9 Å². The fourth-order valence-electron chi connectivity index (χ4n) is 2.78. The van der Waals surface area contributed by atoms with E-state index in [-0.39, 0.29) is 24.2 Å². The average Bonchev–Trinajstić information content (AvgIpc) is 3.46. The zero-order valence-electron chi connectivity index (χ0n) is 16.2. The molecule has 0 fully saturated rings. The number of benzene rings is 1. The maximum Gasteiger partial charge on any atom is 0.339 e. The quantitative estimate of drug-likeness (QED) is 0.498. The molecule has 0 aliphatic heterocycles. The van der Waals surface area contributed by atoms with E-state index in [9.17, 15) is 18.0 Å². The summed E-state index contributed by atoms with van der Waals surface area (Å²) >= 11 is 0. The Hall–Kier alpha value is -3.37. The van der Waals surface area contributed by atoms with Crippen LogP contribution in [0.25, 0.3) is 0 Å². The van der Waals surface area contributed by atoms with Gasteiger partial charge in [0, 0.05) is 0 Å². The normalized spacial score (nSPS) is 11.4. The second-order valence-corrected chi connectivity index (χ2v) is 8.03. The molecule has 30 heavy (non-hydrogen) atoms. The van der Waals surface area contributed by atoms with Crippen molar-refractivity contribution >= 4 is 22.0 Å². The second-order valence-electron chi connectivity index (χ2n) is 6.13. The van der Waals surface area contributed by atoms with Crippen LogP contribution in [0.3, 0.4) is 0 Å². The van der Waals surface area contributed by atoms with Crippen molar-refractivity contribution in [1.82, 2.24) is 4.31 Å². The van der Waals surface area contributed by atoms with E-state index in [0.29, 0.717) is 11.5 Å². The summed E-state index contributed by atoms with van der Waals surface area (Å²) in [6.07, 6.45) is 2.84. The molecule has 3 rings (SSSR count). The van der Waals surface area contributed by atoms with Crippen LogP contribution >= 0.6 is 0 Å². The SMILES string of the molecule is COC(=O)c1ccc(C(=O)OC)c(S(=O)(=O)N(Cc2ccco2)Cc2ccco2)c1. The summed E-state index contributed by atoms with van der Waals surface area (Å²) in [6, 6.07) is 10.1. The van der Waals surface area contributed by atoms with Crippen molar-refractivity contribution in [2.75, 3.05) is 14.2 Å². The van der Waals surface area contributed by atoms with Crippen LogP contribution < -0.4 is 0 Å². The molecule has 0 aliphatic rings. The molecule has 0 amide bonds. The summed E-state index contributed by atoms with van der Waals surface area (Å²) in [4.78, 5) is 23.8. The number of carbonyl (C=O) groups excluding carboxylic acids is 2. The zero-order valence-corrected chi connectivity index (χ0v) is 17.0. The summed E-state index contributed by atoms with van der Waals surface area (Å²) in [5.74, 6) is -0.838. The smallest absolute Gasteiger partial charge is 0.339 e. The number of ether oxygens (including phenoxy) is 2. The van der Waals surface area contributed by atoms with E-state index in [1.54, 1.807) is 24.3 Å². The van der Waals surface area contributed by atoms with E-state index in [1.165, 1.54) is 31.8 Å². The zero-order chi connectivity index (χ0) is 21.7. The Labute approximate surface area is 172 Å². The maximum atomic E-state index is 13.6. The highest BCUT2D eigenvalue weighted by Gasteiger charge is 2.32. The number of methoxy groups -OCH3 is 2. The number of carbonyl (C=O) groups is 2. The highest BCUT2D eigenvalue weighted by Crippen LogP contribution is 2.26. The second kappa shape index (κ2) is 8.97. The Morgan fingerprint density at radius 2 is 1.47 bits per heavy atom. The molecule has 0 saturated carbocycles. The fraction of sp³-hybridized carbons (Fsp3) is 0.200. The van der Waals surface area contributed by atoms with Crippen molar-refractivity contribution in [3.63, 3.8) is 0 Å². The van der Waals surface area contributed by atoms with Gasteiger partial charge in [0.2, 0.25) is 10.0 Å². The van der Waals surface area contributed by atoms with Gasteiger partial charge in [0.1, 0.15) is 11.5 Å². The molecule has 10 heteroatoms. The van der Waals surface area contributed by atoms with E-state index < -0.39 is 26.9 Å². The molecule has 0 bridgehead atoms. The first kappa shape index (κ1) is 21.3. The van der Waals surface area contributed by atoms with Crippen LogP contribution in [0, 0.1) is 0 Å². The fourth-order valence-corrected chi connectivity index (χ4v) is 4.35. The molecule has 2 aromatic heterocycles. The summed E-state index contributed by atoms with van der Waals surface area (Å²) in [5.41, 5.74) is -0.242. The lowest BCUT2D eigenvalue weighted by atomic mass is 10.1. The van der Waals surface area contributed by atoms with Crippen LogP contribution in [0.5, 0.6) is 0 Å². The molecule has 0 spiro atoms. The molecule has 0 unspecified atom stereocenters. The summed E-state index contributed by atoms with van der Waals surface area (Å²) in [6.45, 7) is -0.252. The first-order chi connectivity index (χ1) is 14.4. The third-order valence-corrected chi connectivity index (χ3v) is 6.08. The third kappa shape index (κ3) is 4.44. The molecule has 9 nitrogen and oxygen atoms in total. The number of rotatable bonds is 8. The van der Waals surface area contributed by atoms with E-state index in [4.69, 9.17) is 13.6 Å². The number of esters is 2. The predicted molar refractivity (Wildman–Crippen MR) is 103 cm³/mol. The molecule has 0 aliphatic carbocycles. The monoisotopic (exact) mass is 433 g/mol. The molecule has 0 atom stereocenters. The topological polar surface area (TPSA) is 116 Å². The summed E-state index contributed by atoms with van der Waals surface area (Å²) < 4.78 is 48.2. The van der Waals surface area contributed by atoms with Gasteiger partial charge in [-0.1, -0.05) is 0 Å². The van der Waals surface area contributed by atoms with Crippen molar-refractivity contribution < 1.29 is 36.3 Å². The van der Waals surface area contributed by atoms with Gasteiger partial charge in [-0.2, -0.15) is 4.31 Å². The van der Waals surface area contributed by atoms with E-state index in [1.807, 2.05) is 0 Å². The van der Waals surface area contributed by atoms with Gasteiger partial charge in [0.25, 0.3) is 0 Å². The number of nitrogens with zero attached hydrogens (tertiary/aromatic N) is 1.